The topological polar surface area (TPSA) is 21.3 Å². The van der Waals surface area contributed by atoms with Gasteiger partial charge in [-0.05, 0) is 67.7 Å². The van der Waals surface area contributed by atoms with Crippen molar-refractivity contribution in [3.05, 3.63) is 27.7 Å². The van der Waals surface area contributed by atoms with E-state index in [1.807, 2.05) is 0 Å². The lowest BCUT2D eigenvalue weighted by Crippen LogP contribution is -2.29. The van der Waals surface area contributed by atoms with Gasteiger partial charge in [-0.3, -0.25) is 0 Å². The van der Waals surface area contributed by atoms with Gasteiger partial charge in [0.25, 0.3) is 0 Å². The molecule has 3 aliphatic rings. The van der Waals surface area contributed by atoms with E-state index in [0.717, 1.165) is 37.3 Å². The highest BCUT2D eigenvalue weighted by Gasteiger charge is 2.48. The normalized spacial score (nSPS) is 30.7. The molecule has 0 saturated heterocycles. The van der Waals surface area contributed by atoms with Crippen LogP contribution in [0.4, 0.5) is 0 Å². The number of nitrogens with one attached hydrogen (secondary N) is 1. The molecule has 1 heterocycles. The Morgan fingerprint density at radius 1 is 1.29 bits per heavy atom. The molecule has 4 rings (SSSR count). The number of fused-ring (bicyclic) bond motifs is 2. The van der Waals surface area contributed by atoms with Crippen LogP contribution in [0.3, 0.4) is 0 Å². The summed E-state index contributed by atoms with van der Waals surface area (Å²) in [6.07, 6.45) is 6.55. The van der Waals surface area contributed by atoms with Crippen LogP contribution in [0.1, 0.15) is 49.8 Å². The zero-order valence-electron chi connectivity index (χ0n) is 12.7. The number of benzene rings is 1. The second-order valence-electron chi connectivity index (χ2n) is 7.00. The molecule has 0 spiro atoms. The standard InChI is InChI=1S/C18H24BrNO/c1-2-4-20-17(14-7-12-6-13(12)8-14)16-10-15(19)9-11-3-5-21-18(11)16/h9-10,12-14,17,20H,2-8H2,1H3. The SMILES string of the molecule is CCCNC(c1cc(Br)cc2c1OCC2)C1CC2CC2C1. The van der Waals surface area contributed by atoms with Gasteiger partial charge in [-0.2, -0.15) is 0 Å². The van der Waals surface area contributed by atoms with E-state index in [1.54, 1.807) is 0 Å². The van der Waals surface area contributed by atoms with E-state index in [0.29, 0.717) is 6.04 Å². The summed E-state index contributed by atoms with van der Waals surface area (Å²) in [4.78, 5) is 0. The summed E-state index contributed by atoms with van der Waals surface area (Å²) in [6, 6.07) is 5.00. The number of rotatable bonds is 5. The van der Waals surface area contributed by atoms with E-state index in [-0.39, 0.29) is 0 Å². The zero-order valence-corrected chi connectivity index (χ0v) is 14.3. The monoisotopic (exact) mass is 349 g/mol. The summed E-state index contributed by atoms with van der Waals surface area (Å²) >= 11 is 3.70. The number of hydrogen-bond donors (Lipinski definition) is 1. The molecule has 3 atom stereocenters. The van der Waals surface area contributed by atoms with E-state index in [9.17, 15) is 0 Å². The van der Waals surface area contributed by atoms with Gasteiger partial charge in [0.15, 0.2) is 0 Å². The summed E-state index contributed by atoms with van der Waals surface area (Å²) in [5.41, 5.74) is 2.78. The van der Waals surface area contributed by atoms with Crippen LogP contribution in [-0.4, -0.2) is 13.2 Å². The van der Waals surface area contributed by atoms with Crippen molar-refractivity contribution in [2.45, 2.75) is 45.1 Å². The largest absolute Gasteiger partial charge is 0.493 e. The third kappa shape index (κ3) is 2.63. The number of hydrogen-bond acceptors (Lipinski definition) is 2. The van der Waals surface area contributed by atoms with Crippen molar-refractivity contribution in [2.24, 2.45) is 17.8 Å². The summed E-state index contributed by atoms with van der Waals surface area (Å²) in [7, 11) is 0. The first-order valence-corrected chi connectivity index (χ1v) is 9.24. The quantitative estimate of drug-likeness (QED) is 0.846. The molecule has 3 heteroatoms. The Bertz CT molecular complexity index is 534. The first-order valence-electron chi connectivity index (χ1n) is 8.44. The maximum Gasteiger partial charge on any atom is 0.127 e. The molecule has 2 nitrogen and oxygen atoms in total. The molecule has 0 amide bonds. The third-order valence-electron chi connectivity index (χ3n) is 5.48. The van der Waals surface area contributed by atoms with Crippen LogP contribution < -0.4 is 10.1 Å². The van der Waals surface area contributed by atoms with Crippen LogP contribution in [0.25, 0.3) is 0 Å². The Hall–Kier alpha value is -0.540. The average molecular weight is 350 g/mol. The molecular formula is C18H24BrNO. The highest BCUT2D eigenvalue weighted by Crippen LogP contribution is 2.58. The van der Waals surface area contributed by atoms with E-state index in [4.69, 9.17) is 4.74 Å². The molecule has 1 aromatic rings. The van der Waals surface area contributed by atoms with Crippen LogP contribution in [0.5, 0.6) is 5.75 Å². The molecule has 0 bridgehead atoms. The predicted molar refractivity (Wildman–Crippen MR) is 88.7 cm³/mol. The first kappa shape index (κ1) is 14.1. The smallest absolute Gasteiger partial charge is 0.127 e. The van der Waals surface area contributed by atoms with E-state index in [1.165, 1.54) is 47.0 Å². The van der Waals surface area contributed by atoms with Gasteiger partial charge < -0.3 is 10.1 Å². The first-order chi connectivity index (χ1) is 10.3. The lowest BCUT2D eigenvalue weighted by atomic mass is 9.87. The van der Waals surface area contributed by atoms with Crippen molar-refractivity contribution in [2.75, 3.05) is 13.2 Å². The predicted octanol–water partition coefficient (Wildman–Crippen LogP) is 4.47. The van der Waals surface area contributed by atoms with Gasteiger partial charge in [-0.1, -0.05) is 22.9 Å². The van der Waals surface area contributed by atoms with Crippen molar-refractivity contribution >= 4 is 15.9 Å². The number of ether oxygens (including phenoxy) is 1. The van der Waals surface area contributed by atoms with Crippen LogP contribution in [0.2, 0.25) is 0 Å². The Labute approximate surface area is 135 Å². The maximum atomic E-state index is 5.98. The second-order valence-corrected chi connectivity index (χ2v) is 7.92. The highest BCUT2D eigenvalue weighted by molar-refractivity contribution is 9.10. The van der Waals surface area contributed by atoms with Crippen LogP contribution in [0, 0.1) is 17.8 Å². The van der Waals surface area contributed by atoms with Crippen LogP contribution in [0.15, 0.2) is 16.6 Å². The minimum atomic E-state index is 0.474. The Balaban J connectivity index is 1.66. The van der Waals surface area contributed by atoms with Gasteiger partial charge in [-0.25, -0.2) is 0 Å². The molecule has 114 valence electrons. The fourth-order valence-corrected chi connectivity index (χ4v) is 4.92. The molecule has 3 unspecified atom stereocenters. The molecule has 2 fully saturated rings. The van der Waals surface area contributed by atoms with Crippen molar-refractivity contribution in [1.29, 1.82) is 0 Å². The van der Waals surface area contributed by atoms with Gasteiger partial charge in [0.1, 0.15) is 5.75 Å². The summed E-state index contributed by atoms with van der Waals surface area (Å²) in [5.74, 6) is 4.03. The molecule has 0 aromatic heterocycles. The summed E-state index contributed by atoms with van der Waals surface area (Å²) < 4.78 is 7.18. The Morgan fingerprint density at radius 3 is 2.86 bits per heavy atom. The zero-order chi connectivity index (χ0) is 14.4. The molecular weight excluding hydrogens is 326 g/mol. The van der Waals surface area contributed by atoms with Crippen molar-refractivity contribution < 1.29 is 4.74 Å². The molecule has 2 aliphatic carbocycles. The highest BCUT2D eigenvalue weighted by atomic mass is 79.9. The molecule has 1 aliphatic heterocycles. The van der Waals surface area contributed by atoms with Gasteiger partial charge in [0.2, 0.25) is 0 Å². The van der Waals surface area contributed by atoms with E-state index < -0.39 is 0 Å². The van der Waals surface area contributed by atoms with Crippen molar-refractivity contribution in [3.63, 3.8) is 0 Å². The molecule has 1 aromatic carbocycles. The van der Waals surface area contributed by atoms with Crippen molar-refractivity contribution in [1.82, 2.24) is 5.32 Å². The third-order valence-corrected chi connectivity index (χ3v) is 5.94. The average Bonchev–Trinajstić information content (AvgIpc) is 2.89. The summed E-state index contributed by atoms with van der Waals surface area (Å²) in [5, 5.41) is 3.82. The van der Waals surface area contributed by atoms with Gasteiger partial charge in [0, 0.05) is 22.5 Å². The van der Waals surface area contributed by atoms with Crippen LogP contribution >= 0.6 is 15.9 Å². The van der Waals surface area contributed by atoms with E-state index in [2.05, 4.69) is 40.3 Å². The van der Waals surface area contributed by atoms with Gasteiger partial charge in [0.05, 0.1) is 6.61 Å². The fourth-order valence-electron chi connectivity index (χ4n) is 4.39. The van der Waals surface area contributed by atoms with Gasteiger partial charge >= 0.3 is 0 Å². The van der Waals surface area contributed by atoms with E-state index >= 15 is 0 Å². The molecule has 21 heavy (non-hydrogen) atoms. The fraction of sp³-hybridized carbons (Fsp3) is 0.667. The molecule has 2 saturated carbocycles. The minimum absolute atomic E-state index is 0.474. The maximum absolute atomic E-state index is 5.98. The lowest BCUT2D eigenvalue weighted by molar-refractivity contribution is 0.314. The molecule has 1 N–H and O–H groups in total. The van der Waals surface area contributed by atoms with Crippen molar-refractivity contribution in [3.8, 4) is 5.75 Å². The second kappa shape index (κ2) is 5.58. The van der Waals surface area contributed by atoms with Crippen LogP contribution in [-0.2, 0) is 6.42 Å². The summed E-state index contributed by atoms with van der Waals surface area (Å²) in [6.45, 7) is 4.19. The minimum Gasteiger partial charge on any atom is -0.493 e. The Morgan fingerprint density at radius 2 is 2.10 bits per heavy atom. The lowest BCUT2D eigenvalue weighted by Gasteiger charge is -2.28. The number of halogens is 1. The molecule has 0 radical (unpaired) electrons. The van der Waals surface area contributed by atoms with Gasteiger partial charge in [-0.15, -0.1) is 0 Å². The Kier molecular flexibility index (Phi) is 3.74.